The highest BCUT2D eigenvalue weighted by atomic mass is 16.3. The van der Waals surface area contributed by atoms with E-state index in [1.807, 2.05) is 19.1 Å². The van der Waals surface area contributed by atoms with Crippen molar-refractivity contribution in [2.75, 3.05) is 11.9 Å². The van der Waals surface area contributed by atoms with Crippen LogP contribution in [0, 0.1) is 5.92 Å². The van der Waals surface area contributed by atoms with Gasteiger partial charge in [-0.15, -0.1) is 0 Å². The maximum absolute atomic E-state index is 11.1. The van der Waals surface area contributed by atoms with Gasteiger partial charge in [0.1, 0.15) is 0 Å². The van der Waals surface area contributed by atoms with Crippen LogP contribution in [-0.4, -0.2) is 23.0 Å². The van der Waals surface area contributed by atoms with Gasteiger partial charge in [0.2, 0.25) is 0 Å². The molecule has 3 nitrogen and oxygen atoms in total. The molecule has 18 heavy (non-hydrogen) atoms. The predicted molar refractivity (Wildman–Crippen MR) is 75.0 cm³/mol. The fourth-order valence-electron chi connectivity index (χ4n) is 2.07. The molecular weight excluding hydrogens is 226 g/mol. The Balaban J connectivity index is 2.55. The van der Waals surface area contributed by atoms with Crippen molar-refractivity contribution in [3.63, 3.8) is 0 Å². The number of aliphatic hydroxyl groups is 1. The molecule has 3 heteroatoms. The summed E-state index contributed by atoms with van der Waals surface area (Å²) < 4.78 is 0. The van der Waals surface area contributed by atoms with Crippen molar-refractivity contribution >= 4 is 11.5 Å². The molecule has 1 aromatic rings. The van der Waals surface area contributed by atoms with E-state index in [0.717, 1.165) is 12.1 Å². The summed E-state index contributed by atoms with van der Waals surface area (Å²) in [4.78, 5) is 11.1. The number of rotatable bonds is 6. The molecule has 1 atom stereocenters. The number of carbonyl (C=O) groups is 1. The lowest BCUT2D eigenvalue weighted by molar-refractivity contribution is 0.0515. The van der Waals surface area contributed by atoms with E-state index in [4.69, 9.17) is 0 Å². The van der Waals surface area contributed by atoms with Gasteiger partial charge in [-0.1, -0.05) is 13.8 Å². The monoisotopic (exact) mass is 249 g/mol. The maximum Gasteiger partial charge on any atom is 0.159 e. The molecule has 0 fully saturated rings. The molecule has 0 amide bonds. The SMILES string of the molecule is CC(=O)c1ccc(NCC(C)(O)CC(C)C)cc1. The molecular formula is C15H23NO2. The van der Waals surface area contributed by atoms with Crippen molar-refractivity contribution < 1.29 is 9.90 Å². The van der Waals surface area contributed by atoms with E-state index in [0.29, 0.717) is 18.0 Å². The van der Waals surface area contributed by atoms with Crippen LogP contribution in [0.1, 0.15) is 44.5 Å². The largest absolute Gasteiger partial charge is 0.388 e. The quantitative estimate of drug-likeness (QED) is 0.762. The fraction of sp³-hybridized carbons (Fsp3) is 0.533. The van der Waals surface area contributed by atoms with Crippen molar-refractivity contribution in [1.82, 2.24) is 0 Å². The van der Waals surface area contributed by atoms with Gasteiger partial charge < -0.3 is 10.4 Å². The molecule has 0 aliphatic carbocycles. The van der Waals surface area contributed by atoms with E-state index < -0.39 is 5.60 Å². The van der Waals surface area contributed by atoms with Gasteiger partial charge in [-0.25, -0.2) is 0 Å². The molecule has 0 aliphatic heterocycles. The lowest BCUT2D eigenvalue weighted by Gasteiger charge is -2.26. The van der Waals surface area contributed by atoms with Crippen LogP contribution in [0.15, 0.2) is 24.3 Å². The molecule has 0 saturated carbocycles. The van der Waals surface area contributed by atoms with Gasteiger partial charge in [-0.3, -0.25) is 4.79 Å². The fourth-order valence-corrected chi connectivity index (χ4v) is 2.07. The van der Waals surface area contributed by atoms with Gasteiger partial charge in [0.25, 0.3) is 0 Å². The summed E-state index contributed by atoms with van der Waals surface area (Å²) in [6, 6.07) is 7.31. The first-order chi connectivity index (χ1) is 8.30. The predicted octanol–water partition coefficient (Wildman–Crippen LogP) is 3.10. The van der Waals surface area contributed by atoms with E-state index in [-0.39, 0.29) is 5.78 Å². The summed E-state index contributed by atoms with van der Waals surface area (Å²) in [5, 5.41) is 13.4. The van der Waals surface area contributed by atoms with Crippen molar-refractivity contribution in [3.05, 3.63) is 29.8 Å². The second-order valence-corrected chi connectivity index (χ2v) is 5.58. The van der Waals surface area contributed by atoms with Crippen LogP contribution in [0.3, 0.4) is 0 Å². The van der Waals surface area contributed by atoms with Gasteiger partial charge in [-0.2, -0.15) is 0 Å². The topological polar surface area (TPSA) is 49.3 Å². The number of hydrogen-bond acceptors (Lipinski definition) is 3. The highest BCUT2D eigenvalue weighted by Gasteiger charge is 2.21. The molecule has 100 valence electrons. The average molecular weight is 249 g/mol. The Morgan fingerprint density at radius 1 is 1.33 bits per heavy atom. The number of carbonyl (C=O) groups excluding carboxylic acids is 1. The number of benzene rings is 1. The summed E-state index contributed by atoms with van der Waals surface area (Å²) in [5.74, 6) is 0.523. The van der Waals surface area contributed by atoms with Crippen LogP contribution in [0.4, 0.5) is 5.69 Å². The van der Waals surface area contributed by atoms with Crippen LogP contribution >= 0.6 is 0 Å². The second kappa shape index (κ2) is 6.01. The molecule has 0 spiro atoms. The third-order valence-corrected chi connectivity index (χ3v) is 2.81. The lowest BCUT2D eigenvalue weighted by Crippen LogP contribution is -2.34. The van der Waals surface area contributed by atoms with E-state index in [2.05, 4.69) is 19.2 Å². The summed E-state index contributed by atoms with van der Waals surface area (Å²) in [5.41, 5.74) is 0.909. The third-order valence-electron chi connectivity index (χ3n) is 2.81. The zero-order valence-electron chi connectivity index (χ0n) is 11.7. The van der Waals surface area contributed by atoms with Crippen molar-refractivity contribution in [2.45, 2.75) is 39.7 Å². The van der Waals surface area contributed by atoms with Gasteiger partial charge in [0.05, 0.1) is 5.60 Å². The van der Waals surface area contributed by atoms with Crippen molar-refractivity contribution in [2.24, 2.45) is 5.92 Å². The third kappa shape index (κ3) is 4.88. The first-order valence-electron chi connectivity index (χ1n) is 6.37. The lowest BCUT2D eigenvalue weighted by atomic mass is 9.94. The molecule has 0 aromatic heterocycles. The number of ketones is 1. The number of nitrogens with one attached hydrogen (secondary N) is 1. The van der Waals surface area contributed by atoms with Crippen LogP contribution in [-0.2, 0) is 0 Å². The Hall–Kier alpha value is -1.35. The molecule has 0 heterocycles. The van der Waals surface area contributed by atoms with Crippen LogP contribution in [0.25, 0.3) is 0 Å². The zero-order chi connectivity index (χ0) is 13.8. The van der Waals surface area contributed by atoms with Gasteiger partial charge >= 0.3 is 0 Å². The van der Waals surface area contributed by atoms with E-state index >= 15 is 0 Å². The van der Waals surface area contributed by atoms with Gasteiger partial charge in [-0.05, 0) is 50.5 Å². The normalized spacial score (nSPS) is 14.3. The molecule has 0 aliphatic rings. The summed E-state index contributed by atoms with van der Waals surface area (Å²) in [6.45, 7) is 8.08. The van der Waals surface area contributed by atoms with Gasteiger partial charge in [0.15, 0.2) is 5.78 Å². The van der Waals surface area contributed by atoms with E-state index in [1.54, 1.807) is 19.1 Å². The van der Waals surface area contributed by atoms with Crippen molar-refractivity contribution in [1.29, 1.82) is 0 Å². The molecule has 2 N–H and O–H groups in total. The molecule has 0 bridgehead atoms. The Bertz CT molecular complexity index is 393. The zero-order valence-corrected chi connectivity index (χ0v) is 11.7. The van der Waals surface area contributed by atoms with Crippen molar-refractivity contribution in [3.8, 4) is 0 Å². The van der Waals surface area contributed by atoms with Crippen LogP contribution in [0.5, 0.6) is 0 Å². The molecule has 0 saturated heterocycles. The number of hydrogen-bond donors (Lipinski definition) is 2. The van der Waals surface area contributed by atoms with Crippen LogP contribution in [0.2, 0.25) is 0 Å². The summed E-state index contributed by atoms with van der Waals surface area (Å²) in [6.07, 6.45) is 0.755. The first-order valence-corrected chi connectivity index (χ1v) is 6.37. The highest BCUT2D eigenvalue weighted by molar-refractivity contribution is 5.94. The summed E-state index contributed by atoms with van der Waals surface area (Å²) >= 11 is 0. The second-order valence-electron chi connectivity index (χ2n) is 5.58. The Morgan fingerprint density at radius 2 is 1.89 bits per heavy atom. The Kier molecular flexibility index (Phi) is 4.91. The molecule has 0 radical (unpaired) electrons. The van der Waals surface area contributed by atoms with Gasteiger partial charge in [0, 0.05) is 17.8 Å². The van der Waals surface area contributed by atoms with Crippen LogP contribution < -0.4 is 5.32 Å². The Morgan fingerprint density at radius 3 is 2.33 bits per heavy atom. The number of anilines is 1. The Labute approximate surface area is 109 Å². The minimum absolute atomic E-state index is 0.0633. The summed E-state index contributed by atoms with van der Waals surface area (Å²) in [7, 11) is 0. The highest BCUT2D eigenvalue weighted by Crippen LogP contribution is 2.18. The van der Waals surface area contributed by atoms with E-state index in [9.17, 15) is 9.90 Å². The molecule has 1 unspecified atom stereocenters. The molecule has 1 rings (SSSR count). The average Bonchev–Trinajstić information content (AvgIpc) is 2.25. The minimum Gasteiger partial charge on any atom is -0.388 e. The first kappa shape index (κ1) is 14.7. The van der Waals surface area contributed by atoms with E-state index in [1.165, 1.54) is 0 Å². The number of Topliss-reactive ketones (excluding diaryl/α,β-unsaturated/α-hetero) is 1. The molecule has 1 aromatic carbocycles. The maximum atomic E-state index is 11.1. The minimum atomic E-state index is -0.715. The standard InChI is InChI=1S/C15H23NO2/c1-11(2)9-15(4,18)10-16-14-7-5-13(6-8-14)12(3)17/h5-8,11,16,18H,9-10H2,1-4H3. The smallest absolute Gasteiger partial charge is 0.159 e.